The van der Waals surface area contributed by atoms with E-state index in [-0.39, 0.29) is 12.2 Å². The summed E-state index contributed by atoms with van der Waals surface area (Å²) in [6, 6.07) is 5.87. The van der Waals surface area contributed by atoms with Crippen molar-refractivity contribution in [2.75, 3.05) is 0 Å². The lowest BCUT2D eigenvalue weighted by atomic mass is 9.71. The zero-order valence-electron chi connectivity index (χ0n) is 10.3. The van der Waals surface area contributed by atoms with E-state index in [4.69, 9.17) is 5.73 Å². The number of carbonyl (C=O) groups is 1. The smallest absolute Gasteiger partial charge is 0.324 e. The van der Waals surface area contributed by atoms with Crippen LogP contribution in [-0.2, 0) is 11.2 Å². The molecule has 0 aliphatic carbocycles. The highest BCUT2D eigenvalue weighted by Gasteiger charge is 2.45. The molecular weight excluding hydrogens is 221 g/mol. The first-order valence-corrected chi connectivity index (χ1v) is 5.43. The van der Waals surface area contributed by atoms with E-state index in [1.165, 1.54) is 12.1 Å². The van der Waals surface area contributed by atoms with Crippen molar-refractivity contribution in [3.8, 4) is 0 Å². The maximum Gasteiger partial charge on any atom is 0.324 e. The number of carboxylic acid groups (broad SMARTS) is 1. The van der Waals surface area contributed by atoms with E-state index in [0.717, 1.165) is 0 Å². The number of nitrogens with two attached hydrogens (primary N) is 1. The highest BCUT2D eigenvalue weighted by Crippen LogP contribution is 2.31. The molecule has 94 valence electrons. The SMILES string of the molecule is CC(C)(C)[C@@](N)(Cc1cccc(F)c1)C(=O)O. The molecule has 4 heteroatoms. The molecule has 0 saturated carbocycles. The van der Waals surface area contributed by atoms with Crippen molar-refractivity contribution in [3.63, 3.8) is 0 Å². The monoisotopic (exact) mass is 239 g/mol. The van der Waals surface area contributed by atoms with Gasteiger partial charge in [0.15, 0.2) is 0 Å². The van der Waals surface area contributed by atoms with E-state index in [0.29, 0.717) is 5.56 Å². The summed E-state index contributed by atoms with van der Waals surface area (Å²) in [4.78, 5) is 11.3. The normalized spacial score (nSPS) is 15.4. The number of halogens is 1. The lowest BCUT2D eigenvalue weighted by Crippen LogP contribution is -2.59. The summed E-state index contributed by atoms with van der Waals surface area (Å²) in [6.07, 6.45) is 0.101. The van der Waals surface area contributed by atoms with E-state index >= 15 is 0 Å². The van der Waals surface area contributed by atoms with Gasteiger partial charge in [-0.15, -0.1) is 0 Å². The molecule has 1 aromatic rings. The molecule has 0 heterocycles. The highest BCUT2D eigenvalue weighted by molar-refractivity contribution is 5.80. The van der Waals surface area contributed by atoms with Crippen molar-refractivity contribution in [1.29, 1.82) is 0 Å². The van der Waals surface area contributed by atoms with Crippen molar-refractivity contribution in [1.82, 2.24) is 0 Å². The average molecular weight is 239 g/mol. The van der Waals surface area contributed by atoms with Crippen LogP contribution in [0.1, 0.15) is 26.3 Å². The average Bonchev–Trinajstić information content (AvgIpc) is 2.15. The first-order valence-electron chi connectivity index (χ1n) is 5.43. The third kappa shape index (κ3) is 2.82. The molecule has 0 aliphatic rings. The van der Waals surface area contributed by atoms with E-state index in [1.54, 1.807) is 32.9 Å². The zero-order chi connectivity index (χ0) is 13.3. The topological polar surface area (TPSA) is 63.3 Å². The molecule has 0 amide bonds. The summed E-state index contributed by atoms with van der Waals surface area (Å²) in [6.45, 7) is 5.29. The molecule has 1 atom stereocenters. The third-order valence-corrected chi connectivity index (χ3v) is 3.09. The van der Waals surface area contributed by atoms with Crippen LogP contribution in [0.15, 0.2) is 24.3 Å². The minimum Gasteiger partial charge on any atom is -0.480 e. The minimum atomic E-state index is -1.42. The summed E-state index contributed by atoms with van der Waals surface area (Å²) in [7, 11) is 0. The van der Waals surface area contributed by atoms with Gasteiger partial charge in [-0.25, -0.2) is 4.39 Å². The second kappa shape index (κ2) is 4.45. The second-order valence-electron chi connectivity index (χ2n) is 5.33. The van der Waals surface area contributed by atoms with Crippen LogP contribution in [0.5, 0.6) is 0 Å². The van der Waals surface area contributed by atoms with Crippen LogP contribution in [0.2, 0.25) is 0 Å². The van der Waals surface area contributed by atoms with Crippen LogP contribution in [0.25, 0.3) is 0 Å². The van der Waals surface area contributed by atoms with Gasteiger partial charge >= 0.3 is 5.97 Å². The highest BCUT2D eigenvalue weighted by atomic mass is 19.1. The summed E-state index contributed by atoms with van der Waals surface area (Å²) in [5, 5.41) is 9.28. The Morgan fingerprint density at radius 1 is 1.41 bits per heavy atom. The number of aliphatic carboxylic acids is 1. The van der Waals surface area contributed by atoms with Gasteiger partial charge in [-0.2, -0.15) is 0 Å². The Balaban J connectivity index is 3.08. The van der Waals surface area contributed by atoms with E-state index in [9.17, 15) is 14.3 Å². The van der Waals surface area contributed by atoms with Gasteiger partial charge in [0.05, 0.1) is 0 Å². The number of hydrogen-bond donors (Lipinski definition) is 2. The Labute approximate surface area is 100 Å². The van der Waals surface area contributed by atoms with Crippen molar-refractivity contribution < 1.29 is 14.3 Å². The fourth-order valence-electron chi connectivity index (χ4n) is 1.63. The molecule has 0 aliphatic heterocycles. The predicted octanol–water partition coefficient (Wildman–Crippen LogP) is 2.20. The van der Waals surface area contributed by atoms with Gasteiger partial charge in [-0.3, -0.25) is 4.79 Å². The fourth-order valence-corrected chi connectivity index (χ4v) is 1.63. The molecule has 0 saturated heterocycles. The molecule has 3 N–H and O–H groups in total. The molecule has 17 heavy (non-hydrogen) atoms. The van der Waals surface area contributed by atoms with Crippen LogP contribution < -0.4 is 5.73 Å². The minimum absolute atomic E-state index is 0.101. The predicted molar refractivity (Wildman–Crippen MR) is 64.1 cm³/mol. The van der Waals surface area contributed by atoms with E-state index in [2.05, 4.69) is 0 Å². The first kappa shape index (κ1) is 13.6. The summed E-state index contributed by atoms with van der Waals surface area (Å²) in [5.41, 5.74) is 4.53. The molecule has 0 aromatic heterocycles. The van der Waals surface area contributed by atoms with Gasteiger partial charge in [0, 0.05) is 6.42 Å². The van der Waals surface area contributed by atoms with Crippen molar-refractivity contribution >= 4 is 5.97 Å². The van der Waals surface area contributed by atoms with E-state index < -0.39 is 16.9 Å². The lowest BCUT2D eigenvalue weighted by Gasteiger charge is -2.37. The summed E-state index contributed by atoms with van der Waals surface area (Å²) < 4.78 is 13.1. The third-order valence-electron chi connectivity index (χ3n) is 3.09. The number of hydrogen-bond acceptors (Lipinski definition) is 2. The molecule has 1 rings (SSSR count). The van der Waals surface area contributed by atoms with Crippen molar-refractivity contribution in [3.05, 3.63) is 35.6 Å². The maximum atomic E-state index is 13.1. The van der Waals surface area contributed by atoms with Crippen molar-refractivity contribution in [2.45, 2.75) is 32.7 Å². The Bertz CT molecular complexity index is 426. The van der Waals surface area contributed by atoms with Crippen LogP contribution >= 0.6 is 0 Å². The molecule has 0 unspecified atom stereocenters. The van der Waals surface area contributed by atoms with E-state index in [1.807, 2.05) is 0 Å². The number of rotatable bonds is 3. The molecule has 1 aromatic carbocycles. The number of carboxylic acids is 1. The van der Waals surface area contributed by atoms with Gasteiger partial charge < -0.3 is 10.8 Å². The summed E-state index contributed by atoms with van der Waals surface area (Å²) >= 11 is 0. The quantitative estimate of drug-likeness (QED) is 0.850. The standard InChI is InChI=1S/C13H18FNO2/c1-12(2,3)13(15,11(16)17)8-9-5-4-6-10(14)7-9/h4-7H,8,15H2,1-3H3,(H,16,17)/t13-/m1/s1. The molecule has 0 fully saturated rings. The van der Waals surface area contributed by atoms with Crippen LogP contribution in [0.4, 0.5) is 4.39 Å². The lowest BCUT2D eigenvalue weighted by molar-refractivity contribution is -0.147. The van der Waals surface area contributed by atoms with Crippen LogP contribution in [0, 0.1) is 11.2 Å². The van der Waals surface area contributed by atoms with Gasteiger partial charge in [-0.1, -0.05) is 32.9 Å². The zero-order valence-corrected chi connectivity index (χ0v) is 10.3. The Morgan fingerprint density at radius 3 is 2.41 bits per heavy atom. The molecule has 0 bridgehead atoms. The largest absolute Gasteiger partial charge is 0.480 e. The van der Waals surface area contributed by atoms with Gasteiger partial charge in [0.1, 0.15) is 11.4 Å². The molecule has 0 spiro atoms. The maximum absolute atomic E-state index is 13.1. The Morgan fingerprint density at radius 2 is 2.00 bits per heavy atom. The van der Waals surface area contributed by atoms with Gasteiger partial charge in [0.2, 0.25) is 0 Å². The number of benzene rings is 1. The first-order chi connectivity index (χ1) is 7.67. The van der Waals surface area contributed by atoms with Crippen molar-refractivity contribution in [2.24, 2.45) is 11.1 Å². The van der Waals surface area contributed by atoms with Crippen LogP contribution in [-0.4, -0.2) is 16.6 Å². The molecule has 3 nitrogen and oxygen atoms in total. The Kier molecular flexibility index (Phi) is 3.57. The van der Waals surface area contributed by atoms with Crippen LogP contribution in [0.3, 0.4) is 0 Å². The van der Waals surface area contributed by atoms with Gasteiger partial charge in [0.25, 0.3) is 0 Å². The van der Waals surface area contributed by atoms with Gasteiger partial charge in [-0.05, 0) is 23.1 Å². The second-order valence-corrected chi connectivity index (χ2v) is 5.33. The molecular formula is C13H18FNO2. The molecule has 0 radical (unpaired) electrons. The fraction of sp³-hybridized carbons (Fsp3) is 0.462. The Hall–Kier alpha value is -1.42. The summed E-state index contributed by atoms with van der Waals surface area (Å²) in [5.74, 6) is -1.46.